The molecule has 1 atom stereocenters. The second-order valence-electron chi connectivity index (χ2n) is 6.07. The minimum absolute atomic E-state index is 0.0615. The molecular weight excluding hydrogens is 268 g/mol. The van der Waals surface area contributed by atoms with E-state index in [4.69, 9.17) is 4.74 Å². The predicted octanol–water partition coefficient (Wildman–Crippen LogP) is 2.89. The molecule has 2 aromatic rings. The summed E-state index contributed by atoms with van der Waals surface area (Å²) < 4.78 is 5.20. The molecular formula is C15H22N4O2. The molecule has 3 N–H and O–H groups in total. The molecule has 21 heavy (non-hydrogen) atoms. The maximum absolute atomic E-state index is 11.6. The molecule has 0 saturated carbocycles. The SMILES string of the molecule is CC(CNC(=O)OC(C)(C)C)Nc1cccc2cn[nH]c12. The topological polar surface area (TPSA) is 79.0 Å². The zero-order chi connectivity index (χ0) is 15.5. The Hall–Kier alpha value is -2.24. The van der Waals surface area contributed by atoms with Crippen LogP contribution in [0.25, 0.3) is 10.9 Å². The fourth-order valence-electron chi connectivity index (χ4n) is 1.96. The number of carbonyl (C=O) groups is 1. The third-order valence-corrected chi connectivity index (χ3v) is 2.83. The van der Waals surface area contributed by atoms with E-state index < -0.39 is 11.7 Å². The Morgan fingerprint density at radius 1 is 1.43 bits per heavy atom. The largest absolute Gasteiger partial charge is 0.444 e. The van der Waals surface area contributed by atoms with Gasteiger partial charge in [0.2, 0.25) is 0 Å². The summed E-state index contributed by atoms with van der Waals surface area (Å²) >= 11 is 0. The van der Waals surface area contributed by atoms with Crippen LogP contribution < -0.4 is 10.6 Å². The molecule has 1 unspecified atom stereocenters. The third-order valence-electron chi connectivity index (χ3n) is 2.83. The monoisotopic (exact) mass is 290 g/mol. The second-order valence-corrected chi connectivity index (χ2v) is 6.07. The second kappa shape index (κ2) is 6.03. The van der Waals surface area contributed by atoms with Gasteiger partial charge in [0.25, 0.3) is 0 Å². The van der Waals surface area contributed by atoms with Gasteiger partial charge in [0.15, 0.2) is 0 Å². The lowest BCUT2D eigenvalue weighted by atomic mass is 10.2. The average molecular weight is 290 g/mol. The van der Waals surface area contributed by atoms with Crippen LogP contribution in [0.4, 0.5) is 10.5 Å². The van der Waals surface area contributed by atoms with E-state index in [1.165, 1.54) is 0 Å². The van der Waals surface area contributed by atoms with Crippen molar-refractivity contribution in [3.63, 3.8) is 0 Å². The molecule has 114 valence electrons. The van der Waals surface area contributed by atoms with Crippen molar-refractivity contribution in [2.45, 2.75) is 39.3 Å². The molecule has 6 nitrogen and oxygen atoms in total. The summed E-state index contributed by atoms with van der Waals surface area (Å²) in [5, 5.41) is 14.1. The first-order valence-electron chi connectivity index (χ1n) is 7.00. The van der Waals surface area contributed by atoms with Crippen LogP contribution >= 0.6 is 0 Å². The normalized spacial score (nSPS) is 13.0. The summed E-state index contributed by atoms with van der Waals surface area (Å²) in [5.41, 5.74) is 1.44. The number of hydrogen-bond donors (Lipinski definition) is 3. The molecule has 0 bridgehead atoms. The summed E-state index contributed by atoms with van der Waals surface area (Å²) in [6.07, 6.45) is 1.38. The molecule has 0 aliphatic carbocycles. The maximum Gasteiger partial charge on any atom is 0.407 e. The lowest BCUT2D eigenvalue weighted by Crippen LogP contribution is -2.38. The van der Waals surface area contributed by atoms with Crippen LogP contribution in [-0.2, 0) is 4.74 Å². The molecule has 6 heteroatoms. The number of amides is 1. The van der Waals surface area contributed by atoms with Crippen molar-refractivity contribution in [1.82, 2.24) is 15.5 Å². The molecule has 1 aromatic heterocycles. The van der Waals surface area contributed by atoms with Crippen molar-refractivity contribution in [1.29, 1.82) is 0 Å². The first kappa shape index (κ1) is 15.2. The predicted molar refractivity (Wildman–Crippen MR) is 83.4 cm³/mol. The fourth-order valence-corrected chi connectivity index (χ4v) is 1.96. The Balaban J connectivity index is 1.89. The van der Waals surface area contributed by atoms with Crippen LogP contribution in [0.3, 0.4) is 0 Å². The zero-order valence-corrected chi connectivity index (χ0v) is 12.9. The van der Waals surface area contributed by atoms with Crippen LogP contribution in [0.2, 0.25) is 0 Å². The zero-order valence-electron chi connectivity index (χ0n) is 12.9. The number of H-pyrrole nitrogens is 1. The van der Waals surface area contributed by atoms with E-state index in [1.807, 2.05) is 45.9 Å². The highest BCUT2D eigenvalue weighted by atomic mass is 16.6. The molecule has 0 fully saturated rings. The van der Waals surface area contributed by atoms with Crippen molar-refractivity contribution in [2.24, 2.45) is 0 Å². The Kier molecular flexibility index (Phi) is 4.35. The van der Waals surface area contributed by atoms with Gasteiger partial charge in [-0.15, -0.1) is 0 Å². The van der Waals surface area contributed by atoms with E-state index >= 15 is 0 Å². The molecule has 0 saturated heterocycles. The fraction of sp³-hybridized carbons (Fsp3) is 0.467. The number of carbonyl (C=O) groups excluding carboxylic acids is 1. The van der Waals surface area contributed by atoms with Gasteiger partial charge in [0, 0.05) is 18.0 Å². The molecule has 1 aromatic carbocycles. The van der Waals surface area contributed by atoms with Crippen LogP contribution in [0.15, 0.2) is 24.4 Å². The summed E-state index contributed by atoms with van der Waals surface area (Å²) in [7, 11) is 0. The lowest BCUT2D eigenvalue weighted by Gasteiger charge is -2.21. The van der Waals surface area contributed by atoms with Gasteiger partial charge in [0.1, 0.15) is 5.60 Å². The van der Waals surface area contributed by atoms with E-state index in [2.05, 4.69) is 20.8 Å². The Labute approximate surface area is 124 Å². The quantitative estimate of drug-likeness (QED) is 0.809. The molecule has 0 aliphatic heterocycles. The number of alkyl carbamates (subject to hydrolysis) is 1. The van der Waals surface area contributed by atoms with Gasteiger partial charge in [-0.25, -0.2) is 4.79 Å². The molecule has 0 spiro atoms. The summed E-state index contributed by atoms with van der Waals surface area (Å²) in [5.74, 6) is 0. The van der Waals surface area contributed by atoms with Crippen LogP contribution in [0.5, 0.6) is 0 Å². The first-order chi connectivity index (χ1) is 9.85. The Morgan fingerprint density at radius 3 is 2.90 bits per heavy atom. The highest BCUT2D eigenvalue weighted by Gasteiger charge is 2.16. The number of anilines is 1. The van der Waals surface area contributed by atoms with Crippen LogP contribution in [-0.4, -0.2) is 34.5 Å². The average Bonchev–Trinajstić information content (AvgIpc) is 2.84. The van der Waals surface area contributed by atoms with Gasteiger partial charge < -0.3 is 15.4 Å². The smallest absolute Gasteiger partial charge is 0.407 e. The molecule has 2 rings (SSSR count). The van der Waals surface area contributed by atoms with Gasteiger partial charge in [-0.2, -0.15) is 5.10 Å². The number of fused-ring (bicyclic) bond motifs is 1. The minimum atomic E-state index is -0.484. The number of nitrogens with zero attached hydrogens (tertiary/aromatic N) is 1. The van der Waals surface area contributed by atoms with Crippen molar-refractivity contribution in [2.75, 3.05) is 11.9 Å². The van der Waals surface area contributed by atoms with Crippen LogP contribution in [0.1, 0.15) is 27.7 Å². The maximum atomic E-state index is 11.6. The molecule has 1 heterocycles. The lowest BCUT2D eigenvalue weighted by molar-refractivity contribution is 0.0526. The van der Waals surface area contributed by atoms with Gasteiger partial charge in [-0.1, -0.05) is 12.1 Å². The summed E-state index contributed by atoms with van der Waals surface area (Å²) in [6, 6.07) is 6.00. The van der Waals surface area contributed by atoms with E-state index in [0.29, 0.717) is 6.54 Å². The minimum Gasteiger partial charge on any atom is -0.444 e. The number of aromatic nitrogens is 2. The first-order valence-corrected chi connectivity index (χ1v) is 7.00. The molecule has 1 amide bonds. The van der Waals surface area contributed by atoms with Gasteiger partial charge in [-0.05, 0) is 33.8 Å². The van der Waals surface area contributed by atoms with E-state index in [-0.39, 0.29) is 6.04 Å². The van der Waals surface area contributed by atoms with Crippen molar-refractivity contribution in [3.05, 3.63) is 24.4 Å². The Morgan fingerprint density at radius 2 is 2.19 bits per heavy atom. The van der Waals surface area contributed by atoms with Gasteiger partial charge in [-0.3, -0.25) is 5.10 Å². The standard InChI is InChI=1S/C15H22N4O2/c1-10(8-16-14(20)21-15(2,3)4)18-12-7-5-6-11-9-17-19-13(11)12/h5-7,9-10,18H,8H2,1-4H3,(H,16,20)(H,17,19). The third kappa shape index (κ3) is 4.37. The number of nitrogens with one attached hydrogen (secondary N) is 3. The number of rotatable bonds is 4. The number of aromatic amines is 1. The number of hydrogen-bond acceptors (Lipinski definition) is 4. The Bertz CT molecular complexity index is 615. The van der Waals surface area contributed by atoms with Gasteiger partial charge >= 0.3 is 6.09 Å². The van der Waals surface area contributed by atoms with E-state index in [1.54, 1.807) is 6.20 Å². The number of ether oxygens (including phenoxy) is 1. The summed E-state index contributed by atoms with van der Waals surface area (Å²) in [6.45, 7) is 7.99. The molecule has 0 aliphatic rings. The van der Waals surface area contributed by atoms with E-state index in [9.17, 15) is 4.79 Å². The van der Waals surface area contributed by atoms with Crippen molar-refractivity contribution in [3.8, 4) is 0 Å². The van der Waals surface area contributed by atoms with Crippen molar-refractivity contribution >= 4 is 22.7 Å². The molecule has 0 radical (unpaired) electrons. The van der Waals surface area contributed by atoms with E-state index in [0.717, 1.165) is 16.6 Å². The summed E-state index contributed by atoms with van der Waals surface area (Å²) in [4.78, 5) is 11.6. The highest BCUT2D eigenvalue weighted by molar-refractivity contribution is 5.90. The number of para-hydroxylation sites is 1. The van der Waals surface area contributed by atoms with Gasteiger partial charge in [0.05, 0.1) is 17.4 Å². The highest BCUT2D eigenvalue weighted by Crippen LogP contribution is 2.20. The van der Waals surface area contributed by atoms with Crippen molar-refractivity contribution < 1.29 is 9.53 Å². The number of benzene rings is 1. The van der Waals surface area contributed by atoms with Crippen LogP contribution in [0, 0.1) is 0 Å².